The molecule has 0 saturated heterocycles. The summed E-state index contributed by atoms with van der Waals surface area (Å²) in [5.41, 5.74) is 6.75. The monoisotopic (exact) mass is 368 g/mol. The molecule has 2 aliphatic rings. The number of benzene rings is 1. The Bertz CT molecular complexity index is 606. The number of nitrogens with one attached hydrogen (secondary N) is 1. The maximum absolute atomic E-state index is 12.5. The number of ether oxygens (including phenoxy) is 2. The van der Waals surface area contributed by atoms with Gasteiger partial charge in [0.15, 0.2) is 11.5 Å². The Morgan fingerprint density at radius 3 is 2.68 bits per heavy atom. The molecule has 1 aliphatic carbocycles. The molecule has 0 bridgehead atoms. The van der Waals surface area contributed by atoms with Gasteiger partial charge in [-0.15, -0.1) is 12.4 Å². The normalized spacial score (nSPS) is 22.2. The zero-order valence-corrected chi connectivity index (χ0v) is 15.9. The van der Waals surface area contributed by atoms with Crippen LogP contribution in [0, 0.1) is 11.8 Å². The first-order valence-corrected chi connectivity index (χ1v) is 8.89. The van der Waals surface area contributed by atoms with Crippen molar-refractivity contribution in [3.8, 4) is 11.5 Å². The van der Waals surface area contributed by atoms with Gasteiger partial charge in [0.25, 0.3) is 0 Å². The second-order valence-corrected chi connectivity index (χ2v) is 7.49. The Morgan fingerprint density at radius 1 is 1.24 bits per heavy atom. The fourth-order valence-electron chi connectivity index (χ4n) is 3.67. The van der Waals surface area contributed by atoms with Gasteiger partial charge in [-0.2, -0.15) is 0 Å². The number of fused-ring (bicyclic) bond motifs is 1. The molecule has 1 aromatic rings. The lowest BCUT2D eigenvalue weighted by Crippen LogP contribution is -2.41. The molecule has 1 fully saturated rings. The largest absolute Gasteiger partial charge is 0.486 e. The highest BCUT2D eigenvalue weighted by Gasteiger charge is 2.33. The fraction of sp³-hybridized carbons (Fsp3) is 0.632. The Hall–Kier alpha value is -1.46. The molecule has 0 unspecified atom stereocenters. The van der Waals surface area contributed by atoms with E-state index in [-0.39, 0.29) is 29.6 Å². The van der Waals surface area contributed by atoms with Crippen LogP contribution >= 0.6 is 12.4 Å². The number of amides is 1. The van der Waals surface area contributed by atoms with Crippen molar-refractivity contribution < 1.29 is 14.3 Å². The van der Waals surface area contributed by atoms with Crippen LogP contribution < -0.4 is 20.5 Å². The summed E-state index contributed by atoms with van der Waals surface area (Å²) in [5, 5.41) is 3.14. The molecule has 1 aliphatic heterocycles. The van der Waals surface area contributed by atoms with E-state index in [1.54, 1.807) is 0 Å². The average molecular weight is 369 g/mol. The minimum Gasteiger partial charge on any atom is -0.486 e. The van der Waals surface area contributed by atoms with Gasteiger partial charge in [-0.3, -0.25) is 4.79 Å². The van der Waals surface area contributed by atoms with Gasteiger partial charge in [0, 0.05) is 17.9 Å². The molecular formula is C19H29ClN2O3. The lowest BCUT2D eigenvalue weighted by atomic mass is 9.84. The van der Waals surface area contributed by atoms with E-state index in [1.165, 1.54) is 0 Å². The van der Waals surface area contributed by atoms with E-state index in [0.717, 1.165) is 36.3 Å². The van der Waals surface area contributed by atoms with Gasteiger partial charge in [0.05, 0.1) is 0 Å². The van der Waals surface area contributed by atoms with Gasteiger partial charge < -0.3 is 20.5 Å². The quantitative estimate of drug-likeness (QED) is 0.837. The van der Waals surface area contributed by atoms with Gasteiger partial charge in [-0.25, -0.2) is 0 Å². The van der Waals surface area contributed by atoms with Crippen molar-refractivity contribution in [2.45, 2.75) is 38.5 Å². The molecule has 1 heterocycles. The van der Waals surface area contributed by atoms with Crippen molar-refractivity contribution in [3.63, 3.8) is 0 Å². The summed E-state index contributed by atoms with van der Waals surface area (Å²) in [4.78, 5) is 12.5. The summed E-state index contributed by atoms with van der Waals surface area (Å²) in [6.45, 7) is 6.63. The van der Waals surface area contributed by atoms with Crippen LogP contribution in [0.2, 0.25) is 0 Å². The first-order chi connectivity index (χ1) is 11.5. The summed E-state index contributed by atoms with van der Waals surface area (Å²) in [5.74, 6) is 2.14. The van der Waals surface area contributed by atoms with E-state index in [4.69, 9.17) is 15.2 Å². The fourth-order valence-corrected chi connectivity index (χ4v) is 3.67. The van der Waals surface area contributed by atoms with Crippen LogP contribution in [0.3, 0.4) is 0 Å². The second kappa shape index (κ2) is 8.28. The van der Waals surface area contributed by atoms with E-state index in [2.05, 4.69) is 25.2 Å². The maximum atomic E-state index is 12.5. The van der Waals surface area contributed by atoms with Crippen molar-refractivity contribution in [2.24, 2.45) is 17.6 Å². The second-order valence-electron chi connectivity index (χ2n) is 7.49. The van der Waals surface area contributed by atoms with Gasteiger partial charge in [-0.1, -0.05) is 26.3 Å². The van der Waals surface area contributed by atoms with Crippen LogP contribution in [-0.4, -0.2) is 32.2 Å². The lowest BCUT2D eigenvalue weighted by Gasteiger charge is -2.29. The van der Waals surface area contributed by atoms with Crippen LogP contribution in [0.4, 0.5) is 0 Å². The van der Waals surface area contributed by atoms with Crippen molar-refractivity contribution in [3.05, 3.63) is 23.8 Å². The van der Waals surface area contributed by atoms with E-state index < -0.39 is 0 Å². The lowest BCUT2D eigenvalue weighted by molar-refractivity contribution is -0.126. The highest BCUT2D eigenvalue weighted by Crippen LogP contribution is 2.35. The minimum atomic E-state index is -0.178. The van der Waals surface area contributed by atoms with Crippen LogP contribution in [0.5, 0.6) is 11.5 Å². The summed E-state index contributed by atoms with van der Waals surface area (Å²) in [7, 11) is 0. The third-order valence-corrected chi connectivity index (χ3v) is 5.33. The molecule has 3 rings (SSSR count). The molecule has 140 valence electrons. The summed E-state index contributed by atoms with van der Waals surface area (Å²) in [6.07, 6.45) is 3.13. The molecule has 25 heavy (non-hydrogen) atoms. The highest BCUT2D eigenvalue weighted by molar-refractivity contribution is 5.85. The zero-order chi connectivity index (χ0) is 17.2. The van der Waals surface area contributed by atoms with Crippen molar-refractivity contribution in [1.82, 2.24) is 5.32 Å². The summed E-state index contributed by atoms with van der Waals surface area (Å²) in [6, 6.07) is 6.03. The minimum absolute atomic E-state index is 0. The molecule has 5 nitrogen and oxygen atoms in total. The SMILES string of the molecule is CC(C)(CNC(=O)[C@@H]1CCC[C@@H]1CN)c1ccc2c(c1)OCCO2.Cl. The number of carbonyl (C=O) groups excluding carboxylic acids is 1. The molecule has 2 atom stereocenters. The van der Waals surface area contributed by atoms with Crippen LogP contribution in [0.1, 0.15) is 38.7 Å². The van der Waals surface area contributed by atoms with Crippen LogP contribution in [0.15, 0.2) is 18.2 Å². The molecule has 1 saturated carbocycles. The van der Waals surface area contributed by atoms with E-state index in [9.17, 15) is 4.79 Å². The van der Waals surface area contributed by atoms with Crippen LogP contribution in [-0.2, 0) is 10.2 Å². The van der Waals surface area contributed by atoms with Crippen molar-refractivity contribution in [2.75, 3.05) is 26.3 Å². The molecular weight excluding hydrogens is 340 g/mol. The third kappa shape index (κ3) is 4.39. The van der Waals surface area contributed by atoms with Crippen LogP contribution in [0.25, 0.3) is 0 Å². The molecule has 0 spiro atoms. The van der Waals surface area contributed by atoms with Gasteiger partial charge in [0.1, 0.15) is 13.2 Å². The first kappa shape index (κ1) is 19.9. The van der Waals surface area contributed by atoms with Gasteiger partial charge in [0.2, 0.25) is 5.91 Å². The van der Waals surface area contributed by atoms with E-state index >= 15 is 0 Å². The number of hydrogen-bond donors (Lipinski definition) is 2. The predicted octanol–water partition coefficient (Wildman–Crippen LogP) is 2.65. The molecule has 1 aromatic carbocycles. The third-order valence-electron chi connectivity index (χ3n) is 5.33. The number of hydrogen-bond acceptors (Lipinski definition) is 4. The Morgan fingerprint density at radius 2 is 1.96 bits per heavy atom. The van der Waals surface area contributed by atoms with E-state index in [0.29, 0.717) is 32.2 Å². The Labute approximate surface area is 156 Å². The summed E-state index contributed by atoms with van der Waals surface area (Å²) < 4.78 is 11.2. The van der Waals surface area contributed by atoms with E-state index in [1.807, 2.05) is 12.1 Å². The smallest absolute Gasteiger partial charge is 0.223 e. The topological polar surface area (TPSA) is 73.6 Å². The van der Waals surface area contributed by atoms with Crippen molar-refractivity contribution >= 4 is 18.3 Å². The molecule has 6 heteroatoms. The number of halogens is 1. The van der Waals surface area contributed by atoms with Crippen molar-refractivity contribution in [1.29, 1.82) is 0 Å². The predicted molar refractivity (Wildman–Crippen MR) is 101 cm³/mol. The molecule has 1 amide bonds. The zero-order valence-electron chi connectivity index (χ0n) is 15.0. The molecule has 0 aromatic heterocycles. The maximum Gasteiger partial charge on any atom is 0.223 e. The number of nitrogens with two attached hydrogens (primary N) is 1. The van der Waals surface area contributed by atoms with Gasteiger partial charge >= 0.3 is 0 Å². The number of rotatable bonds is 5. The Kier molecular flexibility index (Phi) is 6.58. The Balaban J connectivity index is 0.00000225. The molecule has 3 N–H and O–H groups in total. The average Bonchev–Trinajstić information content (AvgIpc) is 3.08. The van der Waals surface area contributed by atoms with Gasteiger partial charge in [-0.05, 0) is 43.0 Å². The number of carbonyl (C=O) groups is 1. The highest BCUT2D eigenvalue weighted by atomic mass is 35.5. The summed E-state index contributed by atoms with van der Waals surface area (Å²) >= 11 is 0. The standard InChI is InChI=1S/C19H28N2O3.ClH/c1-19(2,12-21-18(22)15-5-3-4-13(15)11-20)14-6-7-16-17(10-14)24-9-8-23-16;/h6-7,10,13,15H,3-5,8-9,11-12,20H2,1-2H3,(H,21,22);1H/t13-,15-;/m1./s1. The first-order valence-electron chi connectivity index (χ1n) is 8.89. The molecule has 0 radical (unpaired) electrons.